The molecule has 0 radical (unpaired) electrons. The van der Waals surface area contributed by atoms with Crippen molar-refractivity contribution >= 4 is 0 Å². The molecule has 2 nitrogen and oxygen atoms in total. The molecule has 0 heterocycles. The molecule has 2 heteroatoms. The van der Waals surface area contributed by atoms with E-state index in [-0.39, 0.29) is 0 Å². The minimum atomic E-state index is 0.630. The zero-order valence-corrected chi connectivity index (χ0v) is 9.30. The van der Waals surface area contributed by atoms with Gasteiger partial charge in [0, 0.05) is 0 Å². The van der Waals surface area contributed by atoms with E-state index in [0.717, 1.165) is 13.1 Å². The molecular formula is C10H24N2. The summed E-state index contributed by atoms with van der Waals surface area (Å²) in [6.07, 6.45) is 3.17. The molecule has 0 aromatic rings. The van der Waals surface area contributed by atoms with Crippen molar-refractivity contribution in [3.05, 3.63) is 0 Å². The third-order valence-electron chi connectivity index (χ3n) is 2.38. The fraction of sp³-hybridized carbons (Fsp3) is 1.00. The Balaban J connectivity index is 4.05. The van der Waals surface area contributed by atoms with Crippen LogP contribution in [0.4, 0.5) is 0 Å². The van der Waals surface area contributed by atoms with E-state index in [0.29, 0.717) is 6.17 Å². The van der Waals surface area contributed by atoms with Gasteiger partial charge in [0.25, 0.3) is 0 Å². The Labute approximate surface area is 77.5 Å². The zero-order valence-electron chi connectivity index (χ0n) is 9.30. The van der Waals surface area contributed by atoms with Gasteiger partial charge in [0.2, 0.25) is 0 Å². The maximum atomic E-state index is 2.50. The predicted octanol–water partition coefficient (Wildman–Crippen LogP) is 2.02. The van der Waals surface area contributed by atoms with Gasteiger partial charge in [0.15, 0.2) is 0 Å². The second-order valence-electron chi connectivity index (χ2n) is 3.45. The zero-order chi connectivity index (χ0) is 9.56. The average molecular weight is 172 g/mol. The van der Waals surface area contributed by atoms with Crippen LogP contribution in [0.2, 0.25) is 0 Å². The maximum absolute atomic E-state index is 2.50. The molecule has 0 fully saturated rings. The second-order valence-corrected chi connectivity index (χ2v) is 3.45. The quantitative estimate of drug-likeness (QED) is 0.566. The third kappa shape index (κ3) is 3.55. The fourth-order valence-corrected chi connectivity index (χ4v) is 1.67. The molecule has 0 aliphatic carbocycles. The lowest BCUT2D eigenvalue weighted by Gasteiger charge is -2.34. The van der Waals surface area contributed by atoms with Crippen molar-refractivity contribution in [2.75, 3.05) is 27.2 Å². The summed E-state index contributed by atoms with van der Waals surface area (Å²) in [5.74, 6) is 0. The van der Waals surface area contributed by atoms with Gasteiger partial charge in [-0.05, 0) is 33.6 Å². The molecule has 0 bridgehead atoms. The predicted molar refractivity (Wildman–Crippen MR) is 55.3 cm³/mol. The lowest BCUT2D eigenvalue weighted by atomic mass is 10.2. The van der Waals surface area contributed by atoms with Crippen molar-refractivity contribution < 1.29 is 0 Å². The highest BCUT2D eigenvalue weighted by molar-refractivity contribution is 4.66. The topological polar surface area (TPSA) is 6.48 Å². The van der Waals surface area contributed by atoms with E-state index in [4.69, 9.17) is 0 Å². The van der Waals surface area contributed by atoms with Crippen LogP contribution in [-0.4, -0.2) is 43.2 Å². The minimum Gasteiger partial charge on any atom is -0.294 e. The van der Waals surface area contributed by atoms with E-state index in [1.807, 2.05) is 0 Å². The van der Waals surface area contributed by atoms with E-state index in [2.05, 4.69) is 44.7 Å². The highest BCUT2D eigenvalue weighted by Crippen LogP contribution is 2.08. The van der Waals surface area contributed by atoms with Gasteiger partial charge in [-0.3, -0.25) is 9.80 Å². The van der Waals surface area contributed by atoms with Crippen LogP contribution in [0, 0.1) is 0 Å². The van der Waals surface area contributed by atoms with Crippen LogP contribution in [0.15, 0.2) is 0 Å². The molecular weight excluding hydrogens is 148 g/mol. The molecule has 0 aliphatic rings. The molecule has 1 atom stereocenters. The summed E-state index contributed by atoms with van der Waals surface area (Å²) in [4.78, 5) is 4.82. The van der Waals surface area contributed by atoms with Crippen LogP contribution in [0.25, 0.3) is 0 Å². The van der Waals surface area contributed by atoms with Crippen molar-refractivity contribution in [1.82, 2.24) is 9.80 Å². The first-order valence-corrected chi connectivity index (χ1v) is 5.07. The monoisotopic (exact) mass is 172 g/mol. The standard InChI is InChI=1S/C10H24N2/c1-6-9-10(11(4)5)12(7-2)8-3/h10H,6-9H2,1-5H3. The summed E-state index contributed by atoms with van der Waals surface area (Å²) < 4.78 is 0. The largest absolute Gasteiger partial charge is 0.294 e. The van der Waals surface area contributed by atoms with Gasteiger partial charge >= 0.3 is 0 Å². The van der Waals surface area contributed by atoms with E-state index in [1.165, 1.54) is 12.8 Å². The Morgan fingerprint density at radius 2 is 1.50 bits per heavy atom. The molecule has 0 saturated carbocycles. The summed E-state index contributed by atoms with van der Waals surface area (Å²) >= 11 is 0. The molecule has 74 valence electrons. The maximum Gasteiger partial charge on any atom is 0.0617 e. The van der Waals surface area contributed by atoms with Gasteiger partial charge in [0.05, 0.1) is 6.17 Å². The number of hydrogen-bond acceptors (Lipinski definition) is 2. The molecule has 0 amide bonds. The first-order valence-electron chi connectivity index (χ1n) is 5.07. The normalized spacial score (nSPS) is 14.2. The highest BCUT2D eigenvalue weighted by atomic mass is 15.3. The molecule has 0 rings (SSSR count). The Bertz CT molecular complexity index is 98.0. The van der Waals surface area contributed by atoms with E-state index >= 15 is 0 Å². The van der Waals surface area contributed by atoms with Crippen LogP contribution < -0.4 is 0 Å². The van der Waals surface area contributed by atoms with Crippen molar-refractivity contribution in [3.63, 3.8) is 0 Å². The molecule has 1 unspecified atom stereocenters. The summed E-state index contributed by atoms with van der Waals surface area (Å²) in [5, 5.41) is 0. The molecule has 0 aromatic heterocycles. The van der Waals surface area contributed by atoms with Crippen molar-refractivity contribution in [2.45, 2.75) is 39.8 Å². The molecule has 0 saturated heterocycles. The summed E-state index contributed by atoms with van der Waals surface area (Å²) in [6.45, 7) is 9.02. The SMILES string of the molecule is CCCC(N(C)C)N(CC)CC. The fourth-order valence-electron chi connectivity index (χ4n) is 1.67. The Morgan fingerprint density at radius 3 is 1.75 bits per heavy atom. The molecule has 0 N–H and O–H groups in total. The van der Waals surface area contributed by atoms with Gasteiger partial charge in [-0.1, -0.05) is 27.2 Å². The lowest BCUT2D eigenvalue weighted by Crippen LogP contribution is -2.44. The average Bonchev–Trinajstić information content (AvgIpc) is 2.05. The Kier molecular flexibility index (Phi) is 6.39. The lowest BCUT2D eigenvalue weighted by molar-refractivity contribution is 0.0808. The van der Waals surface area contributed by atoms with Crippen molar-refractivity contribution in [2.24, 2.45) is 0 Å². The van der Waals surface area contributed by atoms with Crippen LogP contribution in [0.1, 0.15) is 33.6 Å². The summed E-state index contributed by atoms with van der Waals surface area (Å²) in [7, 11) is 4.33. The van der Waals surface area contributed by atoms with Crippen LogP contribution >= 0.6 is 0 Å². The number of nitrogens with zero attached hydrogens (tertiary/aromatic N) is 2. The first-order chi connectivity index (χ1) is 5.67. The number of hydrogen-bond donors (Lipinski definition) is 0. The van der Waals surface area contributed by atoms with Gasteiger partial charge in [-0.25, -0.2) is 0 Å². The minimum absolute atomic E-state index is 0.630. The van der Waals surface area contributed by atoms with Gasteiger partial charge in [-0.15, -0.1) is 0 Å². The summed E-state index contributed by atoms with van der Waals surface area (Å²) in [5.41, 5.74) is 0. The number of rotatable bonds is 6. The molecule has 12 heavy (non-hydrogen) atoms. The van der Waals surface area contributed by atoms with Crippen LogP contribution in [-0.2, 0) is 0 Å². The molecule has 0 spiro atoms. The van der Waals surface area contributed by atoms with E-state index < -0.39 is 0 Å². The Hall–Kier alpha value is -0.0800. The smallest absolute Gasteiger partial charge is 0.0617 e. The van der Waals surface area contributed by atoms with Crippen LogP contribution in [0.5, 0.6) is 0 Å². The summed E-state index contributed by atoms with van der Waals surface area (Å²) in [6, 6.07) is 0. The molecule has 0 aromatic carbocycles. The first kappa shape index (κ1) is 11.9. The second kappa shape index (κ2) is 6.44. The molecule has 0 aliphatic heterocycles. The van der Waals surface area contributed by atoms with E-state index in [9.17, 15) is 0 Å². The Morgan fingerprint density at radius 1 is 1.00 bits per heavy atom. The van der Waals surface area contributed by atoms with Gasteiger partial charge < -0.3 is 0 Å². The van der Waals surface area contributed by atoms with E-state index in [1.54, 1.807) is 0 Å². The van der Waals surface area contributed by atoms with Gasteiger partial charge in [0.1, 0.15) is 0 Å². The van der Waals surface area contributed by atoms with Crippen LogP contribution in [0.3, 0.4) is 0 Å². The van der Waals surface area contributed by atoms with Crippen molar-refractivity contribution in [3.8, 4) is 0 Å². The van der Waals surface area contributed by atoms with Crippen molar-refractivity contribution in [1.29, 1.82) is 0 Å². The highest BCUT2D eigenvalue weighted by Gasteiger charge is 2.15. The third-order valence-corrected chi connectivity index (χ3v) is 2.38. The van der Waals surface area contributed by atoms with Gasteiger partial charge in [-0.2, -0.15) is 0 Å².